The van der Waals surface area contributed by atoms with Crippen molar-refractivity contribution >= 4 is 11.8 Å². The van der Waals surface area contributed by atoms with Crippen molar-refractivity contribution in [1.29, 1.82) is 0 Å². The monoisotopic (exact) mass is 368 g/mol. The van der Waals surface area contributed by atoms with Gasteiger partial charge >= 0.3 is 6.09 Å². The minimum atomic E-state index is -0.479. The average molecular weight is 368 g/mol. The highest BCUT2D eigenvalue weighted by Gasteiger charge is 2.26. The van der Waals surface area contributed by atoms with Gasteiger partial charge in [-0.3, -0.25) is 0 Å². The average Bonchev–Trinajstić information content (AvgIpc) is 3.08. The van der Waals surface area contributed by atoms with Gasteiger partial charge in [0.2, 0.25) is 0 Å². The van der Waals surface area contributed by atoms with Crippen LogP contribution in [0.4, 0.5) is 10.5 Å². The Hall–Kier alpha value is -2.69. The van der Waals surface area contributed by atoms with E-state index in [-0.39, 0.29) is 12.1 Å². The number of alkyl carbamates (subject to hydrolysis) is 1. The minimum absolute atomic E-state index is 0.0914. The van der Waals surface area contributed by atoms with Gasteiger partial charge in [-0.15, -0.1) is 0 Å². The molecule has 1 saturated heterocycles. The van der Waals surface area contributed by atoms with Crippen molar-refractivity contribution in [3.05, 3.63) is 60.2 Å². The molecule has 1 amide bonds. The molecule has 0 spiro atoms. The van der Waals surface area contributed by atoms with Crippen molar-refractivity contribution in [1.82, 2.24) is 5.32 Å². The van der Waals surface area contributed by atoms with Gasteiger partial charge in [0.15, 0.2) is 0 Å². The van der Waals surface area contributed by atoms with Crippen LogP contribution in [0.15, 0.2) is 54.6 Å². The smallest absolute Gasteiger partial charge is 0.407 e. The number of rotatable bonds is 5. The van der Waals surface area contributed by atoms with Crippen LogP contribution in [-0.2, 0) is 11.3 Å². The summed E-state index contributed by atoms with van der Waals surface area (Å²) in [5.74, 6) is 0.847. The molecule has 27 heavy (non-hydrogen) atoms. The zero-order valence-electron chi connectivity index (χ0n) is 16.3. The van der Waals surface area contributed by atoms with Gasteiger partial charge in [-0.1, -0.05) is 36.4 Å². The SMILES string of the molecule is CC(C)(C)OC(=O)N[C@@H]1CCN(c2cccc(OCc3ccccc3)c2)C1. The van der Waals surface area contributed by atoms with Gasteiger partial charge in [-0.05, 0) is 44.9 Å². The number of carbonyl (C=O) groups excluding carboxylic acids is 1. The fraction of sp³-hybridized carbons (Fsp3) is 0.409. The maximum atomic E-state index is 12.0. The van der Waals surface area contributed by atoms with E-state index in [1.54, 1.807) is 0 Å². The first-order chi connectivity index (χ1) is 12.9. The van der Waals surface area contributed by atoms with Crippen molar-refractivity contribution < 1.29 is 14.3 Å². The number of nitrogens with zero attached hydrogens (tertiary/aromatic N) is 1. The first kappa shape index (κ1) is 19.1. The Morgan fingerprint density at radius 2 is 1.93 bits per heavy atom. The largest absolute Gasteiger partial charge is 0.489 e. The molecule has 0 radical (unpaired) electrons. The fourth-order valence-electron chi connectivity index (χ4n) is 3.10. The number of nitrogens with one attached hydrogen (secondary N) is 1. The molecule has 1 heterocycles. The maximum Gasteiger partial charge on any atom is 0.407 e. The quantitative estimate of drug-likeness (QED) is 0.851. The van der Waals surface area contributed by atoms with Crippen LogP contribution in [0, 0.1) is 0 Å². The van der Waals surface area contributed by atoms with E-state index in [0.717, 1.165) is 36.5 Å². The maximum absolute atomic E-state index is 12.0. The molecule has 1 aliphatic rings. The number of carbonyl (C=O) groups is 1. The second-order valence-electron chi connectivity index (χ2n) is 7.85. The molecule has 2 aromatic carbocycles. The van der Waals surface area contributed by atoms with Crippen molar-refractivity contribution in [2.45, 2.75) is 45.4 Å². The predicted molar refractivity (Wildman–Crippen MR) is 107 cm³/mol. The highest BCUT2D eigenvalue weighted by molar-refractivity contribution is 5.68. The van der Waals surface area contributed by atoms with Crippen LogP contribution < -0.4 is 15.0 Å². The van der Waals surface area contributed by atoms with Gasteiger partial charge in [0.1, 0.15) is 18.0 Å². The lowest BCUT2D eigenvalue weighted by Crippen LogP contribution is -2.40. The molecular weight excluding hydrogens is 340 g/mol. The molecule has 0 aromatic heterocycles. The molecule has 0 bridgehead atoms. The third-order valence-electron chi connectivity index (χ3n) is 4.34. The Kier molecular flexibility index (Phi) is 5.89. The third kappa shape index (κ3) is 5.91. The summed E-state index contributed by atoms with van der Waals surface area (Å²) in [6, 6.07) is 18.3. The van der Waals surface area contributed by atoms with Crippen molar-refractivity contribution in [2.24, 2.45) is 0 Å². The molecule has 1 atom stereocenters. The summed E-state index contributed by atoms with van der Waals surface area (Å²) >= 11 is 0. The molecule has 1 aliphatic heterocycles. The zero-order valence-corrected chi connectivity index (χ0v) is 16.3. The number of anilines is 1. The van der Waals surface area contributed by atoms with E-state index in [9.17, 15) is 4.79 Å². The van der Waals surface area contributed by atoms with E-state index in [2.05, 4.69) is 34.5 Å². The molecule has 0 unspecified atom stereocenters. The molecule has 144 valence electrons. The van der Waals surface area contributed by atoms with E-state index in [1.807, 2.05) is 51.1 Å². The zero-order chi connectivity index (χ0) is 19.3. The molecule has 0 saturated carbocycles. The van der Waals surface area contributed by atoms with Crippen molar-refractivity contribution in [3.8, 4) is 5.75 Å². The number of hydrogen-bond donors (Lipinski definition) is 1. The summed E-state index contributed by atoms with van der Waals surface area (Å²) in [6.07, 6.45) is 0.545. The van der Waals surface area contributed by atoms with Gasteiger partial charge < -0.3 is 19.7 Å². The molecule has 1 N–H and O–H groups in total. The fourth-order valence-corrected chi connectivity index (χ4v) is 3.10. The van der Waals surface area contributed by atoms with Crippen LogP contribution in [0.5, 0.6) is 5.75 Å². The van der Waals surface area contributed by atoms with Crippen molar-refractivity contribution in [3.63, 3.8) is 0 Å². The summed E-state index contributed by atoms with van der Waals surface area (Å²) in [5, 5.41) is 2.96. The van der Waals surface area contributed by atoms with Crippen LogP contribution in [0.1, 0.15) is 32.8 Å². The molecule has 5 heteroatoms. The predicted octanol–water partition coefficient (Wildman–Crippen LogP) is 4.37. The Morgan fingerprint density at radius 1 is 1.15 bits per heavy atom. The first-order valence-electron chi connectivity index (χ1n) is 9.40. The lowest BCUT2D eigenvalue weighted by atomic mass is 10.2. The highest BCUT2D eigenvalue weighted by Crippen LogP contribution is 2.25. The van der Waals surface area contributed by atoms with Crippen LogP contribution in [0.3, 0.4) is 0 Å². The van der Waals surface area contributed by atoms with Crippen molar-refractivity contribution in [2.75, 3.05) is 18.0 Å². The van der Waals surface area contributed by atoms with E-state index >= 15 is 0 Å². The van der Waals surface area contributed by atoms with E-state index in [1.165, 1.54) is 0 Å². The van der Waals surface area contributed by atoms with Gasteiger partial charge in [-0.2, -0.15) is 0 Å². The van der Waals surface area contributed by atoms with E-state index in [0.29, 0.717) is 6.61 Å². The summed E-state index contributed by atoms with van der Waals surface area (Å²) in [7, 11) is 0. The molecule has 0 aliphatic carbocycles. The first-order valence-corrected chi connectivity index (χ1v) is 9.40. The van der Waals surface area contributed by atoms with Gasteiger partial charge in [0, 0.05) is 24.8 Å². The second kappa shape index (κ2) is 8.33. The normalized spacial score (nSPS) is 16.9. The summed E-state index contributed by atoms with van der Waals surface area (Å²) in [4.78, 5) is 14.2. The van der Waals surface area contributed by atoms with Crippen LogP contribution in [0.25, 0.3) is 0 Å². The van der Waals surface area contributed by atoms with E-state index < -0.39 is 5.60 Å². The Morgan fingerprint density at radius 3 is 2.67 bits per heavy atom. The van der Waals surface area contributed by atoms with Gasteiger partial charge in [0.05, 0.1) is 6.04 Å². The Balaban J connectivity index is 1.54. The number of hydrogen-bond acceptors (Lipinski definition) is 4. The molecule has 3 rings (SSSR count). The van der Waals surface area contributed by atoms with Gasteiger partial charge in [0.25, 0.3) is 0 Å². The molecular formula is C22H28N2O3. The van der Waals surface area contributed by atoms with Gasteiger partial charge in [-0.25, -0.2) is 4.79 Å². The van der Waals surface area contributed by atoms with Crippen LogP contribution in [0.2, 0.25) is 0 Å². The standard InChI is InChI=1S/C22H28N2O3/c1-22(2,3)27-21(25)23-18-12-13-24(15-18)19-10-7-11-20(14-19)26-16-17-8-5-4-6-9-17/h4-11,14,18H,12-13,15-16H2,1-3H3,(H,23,25)/t18-/m1/s1. The topological polar surface area (TPSA) is 50.8 Å². The third-order valence-corrected chi connectivity index (χ3v) is 4.34. The van der Waals surface area contributed by atoms with Crippen LogP contribution >= 0.6 is 0 Å². The minimum Gasteiger partial charge on any atom is -0.489 e. The molecule has 1 fully saturated rings. The number of ether oxygens (including phenoxy) is 2. The molecule has 5 nitrogen and oxygen atoms in total. The molecule has 2 aromatic rings. The summed E-state index contributed by atoms with van der Waals surface area (Å²) < 4.78 is 11.3. The lowest BCUT2D eigenvalue weighted by Gasteiger charge is -2.22. The lowest BCUT2D eigenvalue weighted by molar-refractivity contribution is 0.0509. The Bertz CT molecular complexity index is 756. The van der Waals surface area contributed by atoms with Crippen LogP contribution in [-0.4, -0.2) is 30.8 Å². The second-order valence-corrected chi connectivity index (χ2v) is 7.85. The highest BCUT2D eigenvalue weighted by atomic mass is 16.6. The summed E-state index contributed by atoms with van der Waals surface area (Å²) in [6.45, 7) is 7.81. The summed E-state index contributed by atoms with van der Waals surface area (Å²) in [5.41, 5.74) is 1.77. The number of amides is 1. The number of benzene rings is 2. The Labute approximate surface area is 161 Å². The van der Waals surface area contributed by atoms with E-state index in [4.69, 9.17) is 9.47 Å².